The lowest BCUT2D eigenvalue weighted by Gasteiger charge is -2.10. The molecule has 0 heterocycles. The van der Waals surface area contributed by atoms with Crippen LogP contribution in [0.25, 0.3) is 0 Å². The van der Waals surface area contributed by atoms with Crippen LogP contribution in [-0.2, 0) is 20.7 Å². The lowest BCUT2D eigenvalue weighted by molar-refractivity contribution is -0.146. The Kier molecular flexibility index (Phi) is 5.95. The molecule has 0 radical (unpaired) electrons. The number of anilines is 1. The minimum Gasteiger partial charge on any atom is -0.496 e. The predicted octanol–water partition coefficient (Wildman–Crippen LogP) is 3.04. The van der Waals surface area contributed by atoms with Crippen molar-refractivity contribution in [1.82, 2.24) is 0 Å². The molecule has 2 rings (SSSR count). The maximum Gasteiger partial charge on any atom is 0.310 e. The van der Waals surface area contributed by atoms with Gasteiger partial charge < -0.3 is 14.8 Å². The maximum atomic E-state index is 11.9. The topological polar surface area (TPSA) is 64.6 Å². The van der Waals surface area contributed by atoms with Crippen molar-refractivity contribution in [1.29, 1.82) is 0 Å². The molecule has 0 spiro atoms. The first-order valence-corrected chi connectivity index (χ1v) is 7.64. The highest BCUT2D eigenvalue weighted by Gasteiger charge is 2.11. The van der Waals surface area contributed by atoms with Crippen LogP contribution in [0, 0.1) is 13.8 Å². The number of esters is 1. The Balaban J connectivity index is 1.84. The summed E-state index contributed by atoms with van der Waals surface area (Å²) in [6, 6.07) is 12.8. The zero-order chi connectivity index (χ0) is 17.5. The third-order valence-corrected chi connectivity index (χ3v) is 3.68. The Bertz CT molecular complexity index is 740. The monoisotopic (exact) mass is 327 g/mol. The highest BCUT2D eigenvalue weighted by Crippen LogP contribution is 2.18. The van der Waals surface area contributed by atoms with Crippen molar-refractivity contribution in [2.45, 2.75) is 20.3 Å². The SMILES string of the molecule is COc1ccccc1CC(=O)OCC(=O)Nc1ccc(C)c(C)c1. The third-order valence-electron chi connectivity index (χ3n) is 3.68. The highest BCUT2D eigenvalue weighted by molar-refractivity contribution is 5.93. The number of nitrogens with one attached hydrogen (secondary N) is 1. The van der Waals surface area contributed by atoms with Gasteiger partial charge in [0.1, 0.15) is 5.75 Å². The summed E-state index contributed by atoms with van der Waals surface area (Å²) < 4.78 is 10.2. The highest BCUT2D eigenvalue weighted by atomic mass is 16.5. The van der Waals surface area contributed by atoms with Crippen LogP contribution in [0.1, 0.15) is 16.7 Å². The van der Waals surface area contributed by atoms with E-state index in [0.717, 1.165) is 16.7 Å². The molecule has 2 aromatic carbocycles. The summed E-state index contributed by atoms with van der Waals surface area (Å²) in [6.45, 7) is 3.65. The van der Waals surface area contributed by atoms with Gasteiger partial charge in [0.2, 0.25) is 0 Å². The van der Waals surface area contributed by atoms with Crippen LogP contribution in [0.15, 0.2) is 42.5 Å². The van der Waals surface area contributed by atoms with Crippen LogP contribution in [-0.4, -0.2) is 25.6 Å². The van der Waals surface area contributed by atoms with Crippen molar-refractivity contribution in [3.63, 3.8) is 0 Å². The lowest BCUT2D eigenvalue weighted by Crippen LogP contribution is -2.21. The number of ether oxygens (including phenoxy) is 2. The Labute approximate surface area is 141 Å². The molecule has 0 atom stereocenters. The maximum absolute atomic E-state index is 11.9. The smallest absolute Gasteiger partial charge is 0.310 e. The Morgan fingerprint density at radius 3 is 2.50 bits per heavy atom. The fourth-order valence-electron chi connectivity index (χ4n) is 2.22. The Morgan fingerprint density at radius 1 is 1.04 bits per heavy atom. The summed E-state index contributed by atoms with van der Waals surface area (Å²) in [4.78, 5) is 23.8. The number of carbonyl (C=O) groups is 2. The van der Waals surface area contributed by atoms with E-state index in [2.05, 4.69) is 5.32 Å². The largest absolute Gasteiger partial charge is 0.496 e. The van der Waals surface area contributed by atoms with Gasteiger partial charge in [-0.1, -0.05) is 24.3 Å². The molecule has 1 amide bonds. The van der Waals surface area contributed by atoms with E-state index in [4.69, 9.17) is 9.47 Å². The summed E-state index contributed by atoms with van der Waals surface area (Å²) in [6.07, 6.45) is 0.0565. The lowest BCUT2D eigenvalue weighted by atomic mass is 10.1. The summed E-state index contributed by atoms with van der Waals surface area (Å²) >= 11 is 0. The molecule has 1 N–H and O–H groups in total. The van der Waals surface area contributed by atoms with Crippen LogP contribution in [0.2, 0.25) is 0 Å². The third kappa shape index (κ3) is 4.84. The summed E-state index contributed by atoms with van der Waals surface area (Å²) in [5.41, 5.74) is 3.64. The van der Waals surface area contributed by atoms with Crippen molar-refractivity contribution in [3.8, 4) is 5.75 Å². The number of hydrogen-bond donors (Lipinski definition) is 1. The quantitative estimate of drug-likeness (QED) is 0.828. The number of hydrogen-bond acceptors (Lipinski definition) is 4. The molecule has 0 aliphatic rings. The van der Waals surface area contributed by atoms with Crippen LogP contribution < -0.4 is 10.1 Å². The van der Waals surface area contributed by atoms with Crippen LogP contribution in [0.5, 0.6) is 5.75 Å². The number of aryl methyl sites for hydroxylation is 2. The van der Waals surface area contributed by atoms with Crippen molar-refractivity contribution in [3.05, 3.63) is 59.2 Å². The van der Waals surface area contributed by atoms with Gasteiger partial charge in [-0.15, -0.1) is 0 Å². The van der Waals surface area contributed by atoms with Crippen LogP contribution in [0.4, 0.5) is 5.69 Å². The first-order valence-electron chi connectivity index (χ1n) is 7.64. The van der Waals surface area contributed by atoms with E-state index in [1.165, 1.54) is 0 Å². The first kappa shape index (κ1) is 17.5. The molecule has 5 heteroatoms. The number of para-hydroxylation sites is 1. The summed E-state index contributed by atoms with van der Waals surface area (Å²) in [5.74, 6) is -0.226. The standard InChI is InChI=1S/C19H21NO4/c1-13-8-9-16(10-14(13)2)20-18(21)12-24-19(22)11-15-6-4-5-7-17(15)23-3/h4-10H,11-12H2,1-3H3,(H,20,21). The molecule has 0 aromatic heterocycles. The molecule has 0 bridgehead atoms. The normalized spacial score (nSPS) is 10.1. The van der Waals surface area contributed by atoms with E-state index in [-0.39, 0.29) is 18.9 Å². The van der Waals surface area contributed by atoms with Crippen molar-refractivity contribution in [2.24, 2.45) is 0 Å². The average molecular weight is 327 g/mol. The van der Waals surface area contributed by atoms with E-state index in [9.17, 15) is 9.59 Å². The number of benzene rings is 2. The van der Waals surface area contributed by atoms with Gasteiger partial charge in [-0.2, -0.15) is 0 Å². The van der Waals surface area contributed by atoms with Crippen LogP contribution >= 0.6 is 0 Å². The molecular formula is C19H21NO4. The Hall–Kier alpha value is -2.82. The van der Waals surface area contributed by atoms with Gasteiger partial charge in [-0.25, -0.2) is 0 Å². The second-order valence-corrected chi connectivity index (χ2v) is 5.50. The van der Waals surface area contributed by atoms with Gasteiger partial charge in [0.05, 0.1) is 13.5 Å². The van der Waals surface area contributed by atoms with E-state index in [1.807, 2.05) is 44.2 Å². The molecule has 126 valence electrons. The van der Waals surface area contributed by atoms with Gasteiger partial charge in [0.25, 0.3) is 5.91 Å². The number of methoxy groups -OCH3 is 1. The van der Waals surface area contributed by atoms with Crippen molar-refractivity contribution in [2.75, 3.05) is 19.0 Å². The van der Waals surface area contributed by atoms with Crippen LogP contribution in [0.3, 0.4) is 0 Å². The van der Waals surface area contributed by atoms with Gasteiger partial charge in [-0.3, -0.25) is 9.59 Å². The van der Waals surface area contributed by atoms with E-state index in [1.54, 1.807) is 19.2 Å². The molecule has 0 saturated heterocycles. The fourth-order valence-corrected chi connectivity index (χ4v) is 2.22. The number of amides is 1. The molecule has 0 aliphatic heterocycles. The Morgan fingerprint density at radius 2 is 1.79 bits per heavy atom. The zero-order valence-corrected chi connectivity index (χ0v) is 14.1. The van der Waals surface area contributed by atoms with E-state index >= 15 is 0 Å². The number of rotatable bonds is 6. The summed E-state index contributed by atoms with van der Waals surface area (Å²) in [7, 11) is 1.54. The van der Waals surface area contributed by atoms with E-state index in [0.29, 0.717) is 11.4 Å². The molecule has 0 saturated carbocycles. The van der Waals surface area contributed by atoms with Gasteiger partial charge in [0, 0.05) is 11.3 Å². The predicted molar refractivity (Wildman–Crippen MR) is 92.2 cm³/mol. The van der Waals surface area contributed by atoms with E-state index < -0.39 is 5.97 Å². The minimum atomic E-state index is -0.477. The fraction of sp³-hybridized carbons (Fsp3) is 0.263. The first-order chi connectivity index (χ1) is 11.5. The van der Waals surface area contributed by atoms with Gasteiger partial charge >= 0.3 is 5.97 Å². The van der Waals surface area contributed by atoms with Gasteiger partial charge in [-0.05, 0) is 43.2 Å². The second kappa shape index (κ2) is 8.15. The molecule has 0 aliphatic carbocycles. The summed E-state index contributed by atoms with van der Waals surface area (Å²) in [5, 5.41) is 2.71. The molecular weight excluding hydrogens is 306 g/mol. The number of carbonyl (C=O) groups excluding carboxylic acids is 2. The van der Waals surface area contributed by atoms with Crippen molar-refractivity contribution >= 4 is 17.6 Å². The molecule has 0 fully saturated rings. The average Bonchev–Trinajstić information content (AvgIpc) is 2.57. The molecule has 0 unspecified atom stereocenters. The molecule has 24 heavy (non-hydrogen) atoms. The minimum absolute atomic E-state index is 0.0565. The molecule has 5 nitrogen and oxygen atoms in total. The van der Waals surface area contributed by atoms with Crippen molar-refractivity contribution < 1.29 is 19.1 Å². The second-order valence-electron chi connectivity index (χ2n) is 5.50. The zero-order valence-electron chi connectivity index (χ0n) is 14.1. The molecule has 2 aromatic rings. The van der Waals surface area contributed by atoms with Gasteiger partial charge in [0.15, 0.2) is 6.61 Å².